The van der Waals surface area contributed by atoms with Gasteiger partial charge in [0.25, 0.3) is 15.9 Å². The highest BCUT2D eigenvalue weighted by Crippen LogP contribution is 2.32. The number of rotatable bonds is 11. The first-order chi connectivity index (χ1) is 18.7. The minimum Gasteiger partial charge on any atom is -0.497 e. The van der Waals surface area contributed by atoms with Gasteiger partial charge in [0.2, 0.25) is 0 Å². The Morgan fingerprint density at radius 1 is 1.00 bits per heavy atom. The zero-order valence-corrected chi connectivity index (χ0v) is 23.3. The van der Waals surface area contributed by atoms with Gasteiger partial charge < -0.3 is 20.3 Å². The van der Waals surface area contributed by atoms with Crippen LogP contribution in [0.1, 0.15) is 17.3 Å². The van der Waals surface area contributed by atoms with Crippen molar-refractivity contribution in [3.8, 4) is 5.75 Å². The number of para-hydroxylation sites is 2. The molecule has 0 unspecified atom stereocenters. The average Bonchev–Trinajstić information content (AvgIpc) is 2.94. The Balaban J connectivity index is 1.71. The van der Waals surface area contributed by atoms with Crippen LogP contribution in [0.15, 0.2) is 71.6 Å². The van der Waals surface area contributed by atoms with Crippen LogP contribution in [0.2, 0.25) is 5.02 Å². The lowest BCUT2D eigenvalue weighted by Crippen LogP contribution is -2.36. The van der Waals surface area contributed by atoms with Gasteiger partial charge in [0.15, 0.2) is 11.6 Å². The summed E-state index contributed by atoms with van der Waals surface area (Å²) in [5.41, 5.74) is 1.76. The van der Waals surface area contributed by atoms with Gasteiger partial charge in [0.1, 0.15) is 5.75 Å². The highest BCUT2D eigenvalue weighted by atomic mass is 35.5. The molecule has 0 radical (unpaired) electrons. The Kier molecular flexibility index (Phi) is 8.85. The van der Waals surface area contributed by atoms with E-state index in [2.05, 4.69) is 25.3 Å². The molecule has 4 rings (SSSR count). The summed E-state index contributed by atoms with van der Waals surface area (Å²) < 4.78 is 34.8. The fourth-order valence-corrected chi connectivity index (χ4v) is 5.05. The van der Waals surface area contributed by atoms with Gasteiger partial charge in [-0.2, -0.15) is 0 Å². The number of aromatic nitrogens is 2. The molecule has 0 atom stereocenters. The summed E-state index contributed by atoms with van der Waals surface area (Å²) in [5, 5.41) is 6.47. The van der Waals surface area contributed by atoms with E-state index in [1.165, 1.54) is 25.3 Å². The molecule has 10 nitrogen and oxygen atoms in total. The van der Waals surface area contributed by atoms with Gasteiger partial charge in [-0.25, -0.2) is 18.4 Å². The number of carbonyl (C=O) groups is 1. The third-order valence-corrected chi connectivity index (χ3v) is 7.59. The first-order valence-corrected chi connectivity index (χ1v) is 14.1. The number of sulfonamides is 1. The first-order valence-electron chi connectivity index (χ1n) is 12.2. The fraction of sp³-hybridized carbons (Fsp3) is 0.222. The topological polar surface area (TPSA) is 126 Å². The quantitative estimate of drug-likeness (QED) is 0.241. The van der Waals surface area contributed by atoms with Crippen LogP contribution in [-0.2, 0) is 10.0 Å². The minimum atomic E-state index is -4.16. The van der Waals surface area contributed by atoms with Crippen molar-refractivity contribution in [2.45, 2.75) is 11.8 Å². The van der Waals surface area contributed by atoms with Crippen molar-refractivity contribution in [3.05, 3.63) is 77.3 Å². The van der Waals surface area contributed by atoms with E-state index in [1.807, 2.05) is 13.0 Å². The van der Waals surface area contributed by atoms with E-state index in [-0.39, 0.29) is 28.0 Å². The molecule has 204 valence electrons. The standard InChI is InChI=1S/C27H29ClN6O4S/c1-4-34(15-14-29-2)27(35)18-8-7-9-20(16-18)39(36,37)33-26-25(30-22-10-5-6-11-23(22)31-26)32-24-17-19(38-3)12-13-21(24)28/h5-13,16-17,29H,4,14-15H2,1-3H3,(H,30,32)(H,31,33). The molecular formula is C27H29ClN6O4S. The number of nitrogens with one attached hydrogen (secondary N) is 3. The number of ether oxygens (including phenoxy) is 1. The zero-order valence-electron chi connectivity index (χ0n) is 21.7. The van der Waals surface area contributed by atoms with E-state index in [0.29, 0.717) is 47.1 Å². The number of anilines is 3. The van der Waals surface area contributed by atoms with Gasteiger partial charge in [-0.05, 0) is 56.4 Å². The van der Waals surface area contributed by atoms with E-state index in [0.717, 1.165) is 0 Å². The van der Waals surface area contributed by atoms with Crippen molar-refractivity contribution in [2.24, 2.45) is 0 Å². The van der Waals surface area contributed by atoms with Crippen molar-refractivity contribution in [2.75, 3.05) is 43.8 Å². The number of likely N-dealkylation sites (N-methyl/N-ethyl adjacent to an activating group) is 2. The smallest absolute Gasteiger partial charge is 0.263 e. The SMILES string of the molecule is CCN(CCNC)C(=O)c1cccc(S(=O)(=O)Nc2nc3ccccc3nc2Nc2cc(OC)ccc2Cl)c1. The van der Waals surface area contributed by atoms with Gasteiger partial charge in [-0.3, -0.25) is 9.52 Å². The van der Waals surface area contributed by atoms with Crippen molar-refractivity contribution >= 4 is 55.9 Å². The molecule has 1 aromatic heterocycles. The number of halogens is 1. The molecule has 39 heavy (non-hydrogen) atoms. The molecule has 0 aliphatic rings. The van der Waals surface area contributed by atoms with E-state index >= 15 is 0 Å². The summed E-state index contributed by atoms with van der Waals surface area (Å²) in [6, 6.07) is 18.0. The zero-order chi connectivity index (χ0) is 28.0. The van der Waals surface area contributed by atoms with E-state index in [4.69, 9.17) is 16.3 Å². The molecule has 0 saturated heterocycles. The van der Waals surface area contributed by atoms with Crippen LogP contribution in [0.4, 0.5) is 17.3 Å². The van der Waals surface area contributed by atoms with Crippen molar-refractivity contribution in [1.29, 1.82) is 0 Å². The molecule has 3 aromatic carbocycles. The van der Waals surface area contributed by atoms with Crippen LogP contribution in [0.25, 0.3) is 11.0 Å². The largest absolute Gasteiger partial charge is 0.497 e. The number of methoxy groups -OCH3 is 1. The molecule has 1 amide bonds. The minimum absolute atomic E-state index is 0.0338. The number of benzene rings is 3. The number of carbonyl (C=O) groups excluding carboxylic acids is 1. The lowest BCUT2D eigenvalue weighted by Gasteiger charge is -2.21. The number of amides is 1. The highest BCUT2D eigenvalue weighted by Gasteiger charge is 2.22. The van der Waals surface area contributed by atoms with E-state index < -0.39 is 10.0 Å². The Morgan fingerprint density at radius 2 is 1.72 bits per heavy atom. The summed E-state index contributed by atoms with van der Waals surface area (Å²) in [5.74, 6) is 0.401. The highest BCUT2D eigenvalue weighted by molar-refractivity contribution is 7.92. The van der Waals surface area contributed by atoms with Crippen LogP contribution in [0, 0.1) is 0 Å². The second kappa shape index (κ2) is 12.3. The van der Waals surface area contributed by atoms with Gasteiger partial charge in [-0.1, -0.05) is 29.8 Å². The number of nitrogens with zero attached hydrogens (tertiary/aromatic N) is 3. The van der Waals surface area contributed by atoms with Gasteiger partial charge in [0, 0.05) is 31.3 Å². The van der Waals surface area contributed by atoms with Crippen molar-refractivity contribution in [1.82, 2.24) is 20.2 Å². The molecule has 0 fully saturated rings. The second-order valence-electron chi connectivity index (χ2n) is 8.50. The normalized spacial score (nSPS) is 11.3. The van der Waals surface area contributed by atoms with Crippen molar-refractivity contribution < 1.29 is 17.9 Å². The molecule has 0 spiro atoms. The third-order valence-electron chi connectivity index (χ3n) is 5.92. The second-order valence-corrected chi connectivity index (χ2v) is 10.6. The molecule has 12 heteroatoms. The van der Waals surface area contributed by atoms with Crippen LogP contribution < -0.4 is 20.1 Å². The summed E-state index contributed by atoms with van der Waals surface area (Å²) in [6.45, 7) is 3.48. The van der Waals surface area contributed by atoms with Crippen molar-refractivity contribution in [3.63, 3.8) is 0 Å². The third kappa shape index (κ3) is 6.56. The molecule has 4 aromatic rings. The van der Waals surface area contributed by atoms with Gasteiger partial charge in [-0.15, -0.1) is 0 Å². The lowest BCUT2D eigenvalue weighted by molar-refractivity contribution is 0.0766. The predicted molar refractivity (Wildman–Crippen MR) is 154 cm³/mol. The molecular weight excluding hydrogens is 540 g/mol. The predicted octanol–water partition coefficient (Wildman–Crippen LogP) is 4.52. The monoisotopic (exact) mass is 568 g/mol. The van der Waals surface area contributed by atoms with Crippen LogP contribution >= 0.6 is 11.6 Å². The molecule has 1 heterocycles. The van der Waals surface area contributed by atoms with Crippen LogP contribution in [0.3, 0.4) is 0 Å². The number of fused-ring (bicyclic) bond motifs is 1. The summed E-state index contributed by atoms with van der Waals surface area (Å²) in [6.07, 6.45) is 0. The number of hydrogen-bond acceptors (Lipinski definition) is 8. The molecule has 0 saturated carbocycles. The maximum atomic E-state index is 13.5. The van der Waals surface area contributed by atoms with Crippen LogP contribution in [-0.4, -0.2) is 63.0 Å². The molecule has 0 bridgehead atoms. The molecule has 0 aliphatic heterocycles. The van der Waals surface area contributed by atoms with E-state index in [1.54, 1.807) is 54.4 Å². The first kappa shape index (κ1) is 28.1. The Morgan fingerprint density at radius 3 is 2.38 bits per heavy atom. The molecule has 0 aliphatic carbocycles. The lowest BCUT2D eigenvalue weighted by atomic mass is 10.2. The Hall–Kier alpha value is -3.93. The van der Waals surface area contributed by atoms with Gasteiger partial charge >= 0.3 is 0 Å². The maximum Gasteiger partial charge on any atom is 0.263 e. The maximum absolute atomic E-state index is 13.5. The van der Waals surface area contributed by atoms with E-state index in [9.17, 15) is 13.2 Å². The number of hydrogen-bond donors (Lipinski definition) is 3. The van der Waals surface area contributed by atoms with Gasteiger partial charge in [0.05, 0.1) is 33.7 Å². The summed E-state index contributed by atoms with van der Waals surface area (Å²) in [7, 11) is -0.825. The average molecular weight is 569 g/mol. The summed E-state index contributed by atoms with van der Waals surface area (Å²) in [4.78, 5) is 23.7. The van der Waals surface area contributed by atoms with Crippen LogP contribution in [0.5, 0.6) is 5.75 Å². The Bertz CT molecular complexity index is 1600. The molecule has 3 N–H and O–H groups in total. The Labute approximate surface area is 232 Å². The summed E-state index contributed by atoms with van der Waals surface area (Å²) >= 11 is 6.37. The fourth-order valence-electron chi connectivity index (χ4n) is 3.83.